The Morgan fingerprint density at radius 2 is 2.04 bits per heavy atom. The van der Waals surface area contributed by atoms with E-state index < -0.39 is 6.10 Å². The van der Waals surface area contributed by atoms with E-state index in [1.807, 2.05) is 11.8 Å². The molecule has 1 aliphatic heterocycles. The fraction of sp³-hybridized carbons (Fsp3) is 0.444. The van der Waals surface area contributed by atoms with Gasteiger partial charge in [0.15, 0.2) is 0 Å². The largest absolute Gasteiger partial charge is 0.388 e. The first kappa shape index (κ1) is 17.0. The Hall–Kier alpha value is -1.79. The number of rotatable bonds is 4. The first-order valence-corrected chi connectivity index (χ1v) is 9.07. The summed E-state index contributed by atoms with van der Waals surface area (Å²) in [6, 6.07) is 5.99. The molecule has 0 saturated carbocycles. The van der Waals surface area contributed by atoms with Crippen molar-refractivity contribution in [2.75, 3.05) is 13.1 Å². The van der Waals surface area contributed by atoms with Gasteiger partial charge in [-0.3, -0.25) is 4.79 Å². The zero-order valence-electron chi connectivity index (χ0n) is 13.6. The van der Waals surface area contributed by atoms with Crippen LogP contribution >= 0.6 is 11.3 Å². The third-order valence-corrected chi connectivity index (χ3v) is 5.68. The maximum absolute atomic E-state index is 13.0. The number of hydrogen-bond donors (Lipinski definition) is 1. The average Bonchev–Trinajstić information content (AvgIpc) is 3.10. The maximum atomic E-state index is 13.0. The molecule has 2 aromatic rings. The van der Waals surface area contributed by atoms with E-state index in [-0.39, 0.29) is 17.6 Å². The molecule has 0 spiro atoms. The molecule has 2 heterocycles. The summed E-state index contributed by atoms with van der Waals surface area (Å²) in [4.78, 5) is 19.3. The molecule has 24 heavy (non-hydrogen) atoms. The fourth-order valence-corrected chi connectivity index (χ4v) is 3.90. The molecule has 0 radical (unpaired) electrons. The van der Waals surface area contributed by atoms with Crippen molar-refractivity contribution >= 4 is 17.2 Å². The quantitative estimate of drug-likeness (QED) is 0.921. The molecule has 0 bridgehead atoms. The molecular formula is C18H21FN2O2S. The third-order valence-electron chi connectivity index (χ3n) is 4.55. The van der Waals surface area contributed by atoms with Crippen LogP contribution in [0.25, 0.3) is 0 Å². The zero-order valence-corrected chi connectivity index (χ0v) is 14.4. The van der Waals surface area contributed by atoms with Gasteiger partial charge in [0.25, 0.3) is 5.91 Å². The summed E-state index contributed by atoms with van der Waals surface area (Å²) in [7, 11) is 0. The minimum absolute atomic E-state index is 0.0296. The van der Waals surface area contributed by atoms with E-state index in [0.29, 0.717) is 18.0 Å². The fourth-order valence-electron chi connectivity index (χ4n) is 3.08. The molecule has 6 heteroatoms. The molecule has 1 saturated heterocycles. The van der Waals surface area contributed by atoms with Crippen LogP contribution < -0.4 is 0 Å². The third kappa shape index (κ3) is 3.65. The van der Waals surface area contributed by atoms with Gasteiger partial charge in [-0.25, -0.2) is 9.37 Å². The lowest BCUT2D eigenvalue weighted by molar-refractivity contribution is 0.0465. The van der Waals surface area contributed by atoms with E-state index in [1.165, 1.54) is 23.5 Å². The number of hydrogen-bond acceptors (Lipinski definition) is 4. The Bertz CT molecular complexity index is 693. The second-order valence-corrected chi connectivity index (χ2v) is 7.21. The standard InChI is InChI=1S/C18H21FN2O2S/c1-2-16-20-11-15(24-16)18(23)21-9-7-13(8-10-21)17(22)12-3-5-14(19)6-4-12/h3-6,11,13,17,22H,2,7-10H2,1H3. The number of amides is 1. The van der Waals surface area contributed by atoms with Crippen LogP contribution in [0, 0.1) is 11.7 Å². The molecule has 3 rings (SSSR count). The number of carbonyl (C=O) groups is 1. The second kappa shape index (κ2) is 7.40. The Morgan fingerprint density at radius 3 is 2.62 bits per heavy atom. The van der Waals surface area contributed by atoms with Crippen LogP contribution in [0.5, 0.6) is 0 Å². The SMILES string of the molecule is CCc1ncc(C(=O)N2CCC(C(O)c3ccc(F)cc3)CC2)s1. The molecule has 1 aliphatic rings. The first-order valence-electron chi connectivity index (χ1n) is 8.26. The summed E-state index contributed by atoms with van der Waals surface area (Å²) in [5, 5.41) is 11.5. The number of aliphatic hydroxyl groups excluding tert-OH is 1. The normalized spacial score (nSPS) is 17.0. The van der Waals surface area contributed by atoms with E-state index in [0.717, 1.165) is 29.8 Å². The van der Waals surface area contributed by atoms with Crippen molar-refractivity contribution in [3.05, 3.63) is 51.7 Å². The second-order valence-electron chi connectivity index (χ2n) is 6.10. The summed E-state index contributed by atoms with van der Waals surface area (Å²) in [5.74, 6) is -0.184. The molecule has 1 amide bonds. The minimum atomic E-state index is -0.613. The van der Waals surface area contributed by atoms with Gasteiger partial charge in [-0.2, -0.15) is 0 Å². The Morgan fingerprint density at radius 1 is 1.38 bits per heavy atom. The van der Waals surface area contributed by atoms with Crippen LogP contribution in [0.1, 0.15) is 46.1 Å². The number of aliphatic hydroxyl groups is 1. The molecule has 4 nitrogen and oxygen atoms in total. The van der Waals surface area contributed by atoms with Gasteiger partial charge in [0, 0.05) is 13.1 Å². The number of likely N-dealkylation sites (tertiary alicyclic amines) is 1. The van der Waals surface area contributed by atoms with E-state index in [2.05, 4.69) is 4.98 Å². The molecule has 1 aromatic heterocycles. The van der Waals surface area contributed by atoms with Crippen LogP contribution in [0.15, 0.2) is 30.5 Å². The van der Waals surface area contributed by atoms with Crippen molar-refractivity contribution in [2.45, 2.75) is 32.3 Å². The van der Waals surface area contributed by atoms with Gasteiger partial charge in [-0.15, -0.1) is 11.3 Å². The molecule has 1 N–H and O–H groups in total. The van der Waals surface area contributed by atoms with E-state index in [1.54, 1.807) is 18.3 Å². The van der Waals surface area contributed by atoms with Crippen LogP contribution in [0.2, 0.25) is 0 Å². The number of benzene rings is 1. The van der Waals surface area contributed by atoms with Gasteiger partial charge in [-0.1, -0.05) is 19.1 Å². The molecule has 0 aliphatic carbocycles. The molecule has 1 atom stereocenters. The molecule has 128 valence electrons. The summed E-state index contributed by atoms with van der Waals surface area (Å²) >= 11 is 1.45. The predicted molar refractivity (Wildman–Crippen MR) is 91.5 cm³/mol. The van der Waals surface area contributed by atoms with Gasteiger partial charge in [0.2, 0.25) is 0 Å². The predicted octanol–water partition coefficient (Wildman–Crippen LogP) is 3.43. The number of halogens is 1. The van der Waals surface area contributed by atoms with Gasteiger partial charge in [0.05, 0.1) is 17.3 Å². The molecule has 1 aromatic carbocycles. The number of carbonyl (C=O) groups excluding carboxylic acids is 1. The first-order chi connectivity index (χ1) is 11.6. The highest BCUT2D eigenvalue weighted by Crippen LogP contribution is 2.31. The van der Waals surface area contributed by atoms with Crippen LogP contribution in [0.3, 0.4) is 0 Å². The lowest BCUT2D eigenvalue weighted by atomic mass is 9.87. The number of piperidine rings is 1. The van der Waals surface area contributed by atoms with Gasteiger partial charge < -0.3 is 10.0 Å². The lowest BCUT2D eigenvalue weighted by Gasteiger charge is -2.34. The average molecular weight is 348 g/mol. The molecule has 1 unspecified atom stereocenters. The van der Waals surface area contributed by atoms with Crippen LogP contribution in [-0.4, -0.2) is 34.0 Å². The van der Waals surface area contributed by atoms with E-state index in [9.17, 15) is 14.3 Å². The van der Waals surface area contributed by atoms with E-state index in [4.69, 9.17) is 0 Å². The van der Waals surface area contributed by atoms with Gasteiger partial charge in [-0.05, 0) is 42.9 Å². The summed E-state index contributed by atoms with van der Waals surface area (Å²) < 4.78 is 13.0. The Kier molecular flexibility index (Phi) is 5.26. The smallest absolute Gasteiger partial charge is 0.265 e. The lowest BCUT2D eigenvalue weighted by Crippen LogP contribution is -2.39. The summed E-state index contributed by atoms with van der Waals surface area (Å²) in [6.45, 7) is 3.28. The highest BCUT2D eigenvalue weighted by atomic mass is 32.1. The van der Waals surface area contributed by atoms with Crippen molar-refractivity contribution in [1.82, 2.24) is 9.88 Å². The van der Waals surface area contributed by atoms with Crippen molar-refractivity contribution in [2.24, 2.45) is 5.92 Å². The highest BCUT2D eigenvalue weighted by molar-refractivity contribution is 7.13. The van der Waals surface area contributed by atoms with Crippen LogP contribution in [0.4, 0.5) is 4.39 Å². The number of aryl methyl sites for hydroxylation is 1. The van der Waals surface area contributed by atoms with Gasteiger partial charge >= 0.3 is 0 Å². The van der Waals surface area contributed by atoms with Crippen molar-refractivity contribution in [3.63, 3.8) is 0 Å². The molecule has 1 fully saturated rings. The number of nitrogens with zero attached hydrogens (tertiary/aromatic N) is 2. The zero-order chi connectivity index (χ0) is 17.1. The number of aromatic nitrogens is 1. The summed E-state index contributed by atoms with van der Waals surface area (Å²) in [6.07, 6.45) is 3.36. The maximum Gasteiger partial charge on any atom is 0.265 e. The topological polar surface area (TPSA) is 53.4 Å². The number of thiazole rings is 1. The van der Waals surface area contributed by atoms with Crippen molar-refractivity contribution in [1.29, 1.82) is 0 Å². The Labute approximate surface area is 145 Å². The summed E-state index contributed by atoms with van der Waals surface area (Å²) in [5.41, 5.74) is 0.733. The Balaban J connectivity index is 1.58. The van der Waals surface area contributed by atoms with Crippen molar-refractivity contribution in [3.8, 4) is 0 Å². The van der Waals surface area contributed by atoms with Crippen LogP contribution in [-0.2, 0) is 6.42 Å². The van der Waals surface area contributed by atoms with E-state index >= 15 is 0 Å². The monoisotopic (exact) mass is 348 g/mol. The molecular weight excluding hydrogens is 327 g/mol. The van der Waals surface area contributed by atoms with Crippen molar-refractivity contribution < 1.29 is 14.3 Å². The minimum Gasteiger partial charge on any atom is -0.388 e. The van der Waals surface area contributed by atoms with Gasteiger partial charge in [0.1, 0.15) is 10.7 Å². The highest BCUT2D eigenvalue weighted by Gasteiger charge is 2.29.